The summed E-state index contributed by atoms with van der Waals surface area (Å²) in [7, 11) is -3.55. The highest BCUT2D eigenvalue weighted by Crippen LogP contribution is 2.14. The van der Waals surface area contributed by atoms with E-state index < -0.39 is 10.2 Å². The number of Topliss-reactive ketones (excluding diaryl/α,β-unsaturated/α-hetero) is 1. The molecule has 1 aromatic rings. The fraction of sp³-hybridized carbons (Fsp3) is 0.417. The molecule has 1 N–H and O–H groups in total. The molecule has 1 heterocycles. The van der Waals surface area contributed by atoms with Gasteiger partial charge in [0, 0.05) is 24.3 Å². The minimum absolute atomic E-state index is 0.0532. The molecule has 0 spiro atoms. The molecule has 0 amide bonds. The predicted molar refractivity (Wildman–Crippen MR) is 71.4 cm³/mol. The van der Waals surface area contributed by atoms with Crippen LogP contribution in [0.3, 0.4) is 0 Å². The topological polar surface area (TPSA) is 75.7 Å². The fourth-order valence-corrected chi connectivity index (χ4v) is 2.97. The number of ether oxygens (including phenoxy) is 1. The summed E-state index contributed by atoms with van der Waals surface area (Å²) in [6.45, 7) is 2.98. The first kappa shape index (κ1) is 14.0. The van der Waals surface area contributed by atoms with Gasteiger partial charge in [-0.05, 0) is 31.2 Å². The molecular formula is C12H16N2O4S. The van der Waals surface area contributed by atoms with Gasteiger partial charge in [0.05, 0.1) is 13.2 Å². The van der Waals surface area contributed by atoms with Crippen LogP contribution in [0.5, 0.6) is 0 Å². The quantitative estimate of drug-likeness (QED) is 0.833. The molecular weight excluding hydrogens is 268 g/mol. The van der Waals surface area contributed by atoms with Gasteiger partial charge in [-0.2, -0.15) is 12.7 Å². The maximum atomic E-state index is 12.1. The number of hydrogen-bond donors (Lipinski definition) is 1. The SMILES string of the molecule is CC(=O)c1ccc(NS(=O)(=O)N2CCOCC2)cc1. The summed E-state index contributed by atoms with van der Waals surface area (Å²) >= 11 is 0. The standard InChI is InChI=1S/C12H16N2O4S/c1-10(15)11-2-4-12(5-3-11)13-19(16,17)14-6-8-18-9-7-14/h2-5,13H,6-9H2,1H3. The Morgan fingerprint density at radius 2 is 1.79 bits per heavy atom. The molecule has 0 aromatic heterocycles. The van der Waals surface area contributed by atoms with Crippen molar-refractivity contribution in [1.82, 2.24) is 4.31 Å². The molecule has 1 fully saturated rings. The maximum absolute atomic E-state index is 12.1. The smallest absolute Gasteiger partial charge is 0.301 e. The van der Waals surface area contributed by atoms with E-state index in [0.29, 0.717) is 37.6 Å². The highest BCUT2D eigenvalue weighted by Gasteiger charge is 2.23. The summed E-state index contributed by atoms with van der Waals surface area (Å²) in [5.74, 6) is -0.0532. The zero-order chi connectivity index (χ0) is 13.9. The lowest BCUT2D eigenvalue weighted by atomic mass is 10.1. The Labute approximate surface area is 112 Å². The minimum atomic E-state index is -3.55. The van der Waals surface area contributed by atoms with Crippen molar-refractivity contribution in [2.45, 2.75) is 6.92 Å². The Hall–Kier alpha value is -1.44. The second-order valence-corrected chi connectivity index (χ2v) is 5.92. The normalized spacial score (nSPS) is 17.1. The number of rotatable bonds is 4. The zero-order valence-corrected chi connectivity index (χ0v) is 11.4. The van der Waals surface area contributed by atoms with E-state index in [-0.39, 0.29) is 5.78 Å². The van der Waals surface area contributed by atoms with Crippen LogP contribution < -0.4 is 4.72 Å². The van der Waals surface area contributed by atoms with Gasteiger partial charge in [-0.1, -0.05) is 0 Å². The average molecular weight is 284 g/mol. The third-order valence-corrected chi connectivity index (χ3v) is 4.39. The number of carbonyl (C=O) groups is 1. The molecule has 0 saturated carbocycles. The van der Waals surface area contributed by atoms with Crippen LogP contribution in [0.15, 0.2) is 24.3 Å². The van der Waals surface area contributed by atoms with Gasteiger partial charge in [-0.15, -0.1) is 0 Å². The number of carbonyl (C=O) groups excluding carboxylic acids is 1. The largest absolute Gasteiger partial charge is 0.379 e. The van der Waals surface area contributed by atoms with Crippen LogP contribution in [0.1, 0.15) is 17.3 Å². The number of anilines is 1. The Morgan fingerprint density at radius 1 is 1.21 bits per heavy atom. The first-order valence-electron chi connectivity index (χ1n) is 5.96. The summed E-state index contributed by atoms with van der Waals surface area (Å²) < 4.78 is 33.1. The molecule has 104 valence electrons. The van der Waals surface area contributed by atoms with Crippen molar-refractivity contribution in [3.63, 3.8) is 0 Å². The average Bonchev–Trinajstić information content (AvgIpc) is 2.40. The molecule has 1 aromatic carbocycles. The van der Waals surface area contributed by atoms with Crippen molar-refractivity contribution < 1.29 is 17.9 Å². The zero-order valence-electron chi connectivity index (χ0n) is 10.6. The van der Waals surface area contributed by atoms with Gasteiger partial charge in [-0.25, -0.2) is 0 Å². The van der Waals surface area contributed by atoms with Crippen LogP contribution in [-0.4, -0.2) is 44.8 Å². The summed E-state index contributed by atoms with van der Waals surface area (Å²) in [6, 6.07) is 6.35. The van der Waals surface area contributed by atoms with Gasteiger partial charge in [0.15, 0.2) is 5.78 Å². The van der Waals surface area contributed by atoms with E-state index in [1.54, 1.807) is 24.3 Å². The monoisotopic (exact) mass is 284 g/mol. The van der Waals surface area contributed by atoms with Crippen LogP contribution in [0.25, 0.3) is 0 Å². The fourth-order valence-electron chi connectivity index (χ4n) is 1.77. The third-order valence-electron chi connectivity index (χ3n) is 2.85. The van der Waals surface area contributed by atoms with Gasteiger partial charge >= 0.3 is 10.2 Å². The van der Waals surface area contributed by atoms with E-state index >= 15 is 0 Å². The van der Waals surface area contributed by atoms with E-state index in [9.17, 15) is 13.2 Å². The number of benzene rings is 1. The van der Waals surface area contributed by atoms with Crippen LogP contribution in [0.2, 0.25) is 0 Å². The lowest BCUT2D eigenvalue weighted by Gasteiger charge is -2.26. The summed E-state index contributed by atoms with van der Waals surface area (Å²) in [5.41, 5.74) is 0.991. The maximum Gasteiger partial charge on any atom is 0.301 e. The van der Waals surface area contributed by atoms with Crippen molar-refractivity contribution in [3.05, 3.63) is 29.8 Å². The van der Waals surface area contributed by atoms with Gasteiger partial charge < -0.3 is 4.74 Å². The minimum Gasteiger partial charge on any atom is -0.379 e. The van der Waals surface area contributed by atoms with Crippen LogP contribution >= 0.6 is 0 Å². The highest BCUT2D eigenvalue weighted by molar-refractivity contribution is 7.90. The number of nitrogens with zero attached hydrogens (tertiary/aromatic N) is 1. The Kier molecular flexibility index (Phi) is 4.18. The number of hydrogen-bond acceptors (Lipinski definition) is 4. The molecule has 1 aliphatic rings. The van der Waals surface area contributed by atoms with Gasteiger partial charge in [0.2, 0.25) is 0 Å². The Morgan fingerprint density at radius 3 is 2.32 bits per heavy atom. The van der Waals surface area contributed by atoms with Crippen molar-refractivity contribution in [2.24, 2.45) is 0 Å². The number of nitrogens with one attached hydrogen (secondary N) is 1. The number of ketones is 1. The summed E-state index contributed by atoms with van der Waals surface area (Å²) in [4.78, 5) is 11.1. The molecule has 19 heavy (non-hydrogen) atoms. The van der Waals surface area contributed by atoms with Crippen LogP contribution in [-0.2, 0) is 14.9 Å². The van der Waals surface area contributed by atoms with Crippen molar-refractivity contribution in [3.8, 4) is 0 Å². The van der Waals surface area contributed by atoms with Crippen molar-refractivity contribution >= 4 is 21.7 Å². The summed E-state index contributed by atoms with van der Waals surface area (Å²) in [5, 5.41) is 0. The number of morpholine rings is 1. The molecule has 6 nitrogen and oxygen atoms in total. The Bertz CT molecular complexity index is 548. The van der Waals surface area contributed by atoms with Gasteiger partial charge in [0.25, 0.3) is 0 Å². The van der Waals surface area contributed by atoms with E-state index in [0.717, 1.165) is 0 Å². The second kappa shape index (κ2) is 5.68. The van der Waals surface area contributed by atoms with Crippen LogP contribution in [0.4, 0.5) is 5.69 Å². The molecule has 0 unspecified atom stereocenters. The van der Waals surface area contributed by atoms with Crippen molar-refractivity contribution in [1.29, 1.82) is 0 Å². The second-order valence-electron chi connectivity index (χ2n) is 4.25. The third kappa shape index (κ3) is 3.52. The van der Waals surface area contributed by atoms with Crippen molar-refractivity contribution in [2.75, 3.05) is 31.0 Å². The van der Waals surface area contributed by atoms with E-state index in [1.165, 1.54) is 11.2 Å². The molecule has 0 atom stereocenters. The molecule has 0 radical (unpaired) electrons. The molecule has 0 aliphatic carbocycles. The first-order valence-corrected chi connectivity index (χ1v) is 7.40. The molecule has 1 saturated heterocycles. The lowest BCUT2D eigenvalue weighted by molar-refractivity contribution is 0.0733. The van der Waals surface area contributed by atoms with Crippen LogP contribution in [0, 0.1) is 0 Å². The van der Waals surface area contributed by atoms with E-state index in [4.69, 9.17) is 4.74 Å². The van der Waals surface area contributed by atoms with Gasteiger partial charge in [0.1, 0.15) is 0 Å². The molecule has 0 bridgehead atoms. The molecule has 1 aliphatic heterocycles. The van der Waals surface area contributed by atoms with E-state index in [2.05, 4.69) is 4.72 Å². The lowest BCUT2D eigenvalue weighted by Crippen LogP contribution is -2.43. The first-order chi connectivity index (χ1) is 8.99. The predicted octanol–water partition coefficient (Wildman–Crippen LogP) is 0.878. The highest BCUT2D eigenvalue weighted by atomic mass is 32.2. The van der Waals surface area contributed by atoms with E-state index in [1.807, 2.05) is 0 Å². The molecule has 2 rings (SSSR count). The Balaban J connectivity index is 2.09. The van der Waals surface area contributed by atoms with Gasteiger partial charge in [-0.3, -0.25) is 9.52 Å². The summed E-state index contributed by atoms with van der Waals surface area (Å²) in [6.07, 6.45) is 0. The molecule has 7 heteroatoms.